The van der Waals surface area contributed by atoms with Gasteiger partial charge in [-0.2, -0.15) is 5.10 Å². The summed E-state index contributed by atoms with van der Waals surface area (Å²) in [4.78, 5) is 18.9. The zero-order valence-corrected chi connectivity index (χ0v) is 11.4. The molecule has 0 spiro atoms. The largest absolute Gasteiger partial charge is 0.334 e. The molecule has 0 atom stereocenters. The Morgan fingerprint density at radius 1 is 1.37 bits per heavy atom. The summed E-state index contributed by atoms with van der Waals surface area (Å²) in [5.74, 6) is 0.0703. The van der Waals surface area contributed by atoms with Gasteiger partial charge in [-0.1, -0.05) is 6.92 Å². The molecule has 2 aliphatic rings. The number of rotatable bonds is 3. The summed E-state index contributed by atoms with van der Waals surface area (Å²) in [5.41, 5.74) is 0.592. The molecule has 0 saturated carbocycles. The van der Waals surface area contributed by atoms with E-state index in [9.17, 15) is 4.79 Å². The van der Waals surface area contributed by atoms with E-state index in [4.69, 9.17) is 0 Å². The maximum Gasteiger partial charge on any atom is 0.271 e. The van der Waals surface area contributed by atoms with Gasteiger partial charge in [-0.15, -0.1) is 0 Å². The quantitative estimate of drug-likeness (QED) is 0.825. The minimum absolute atomic E-state index is 0.0703. The van der Waals surface area contributed by atoms with Crippen molar-refractivity contribution in [3.05, 3.63) is 18.0 Å². The smallest absolute Gasteiger partial charge is 0.271 e. The van der Waals surface area contributed by atoms with Gasteiger partial charge in [0.1, 0.15) is 5.69 Å². The molecule has 3 rings (SSSR count). The highest BCUT2D eigenvalue weighted by Crippen LogP contribution is 2.18. The lowest BCUT2D eigenvalue weighted by atomic mass is 10.1. The third-order valence-electron chi connectivity index (χ3n) is 4.25. The van der Waals surface area contributed by atoms with E-state index >= 15 is 0 Å². The first kappa shape index (κ1) is 12.6. The number of hydrogen-bond donors (Lipinski definition) is 1. The lowest BCUT2D eigenvalue weighted by Gasteiger charge is -2.47. The highest BCUT2D eigenvalue weighted by molar-refractivity contribution is 5.92. The first-order valence-corrected chi connectivity index (χ1v) is 7.03. The molecule has 0 radical (unpaired) electrons. The van der Waals surface area contributed by atoms with Crippen LogP contribution in [0, 0.1) is 0 Å². The van der Waals surface area contributed by atoms with Crippen molar-refractivity contribution in [2.75, 3.05) is 45.8 Å². The van der Waals surface area contributed by atoms with Gasteiger partial charge in [0, 0.05) is 51.5 Å². The van der Waals surface area contributed by atoms with Crippen LogP contribution in [-0.4, -0.2) is 82.7 Å². The second kappa shape index (κ2) is 5.30. The molecule has 2 fully saturated rings. The van der Waals surface area contributed by atoms with Crippen LogP contribution >= 0.6 is 0 Å². The van der Waals surface area contributed by atoms with Crippen LogP contribution in [0.2, 0.25) is 0 Å². The fourth-order valence-electron chi connectivity index (χ4n) is 2.84. The Morgan fingerprint density at radius 2 is 2.11 bits per heavy atom. The summed E-state index contributed by atoms with van der Waals surface area (Å²) >= 11 is 0. The van der Waals surface area contributed by atoms with Gasteiger partial charge in [0.2, 0.25) is 0 Å². The molecule has 104 valence electrons. The van der Waals surface area contributed by atoms with E-state index in [1.807, 2.05) is 4.90 Å². The van der Waals surface area contributed by atoms with Crippen LogP contribution < -0.4 is 0 Å². The van der Waals surface area contributed by atoms with Gasteiger partial charge in [0.25, 0.3) is 5.91 Å². The van der Waals surface area contributed by atoms with Crippen molar-refractivity contribution in [1.29, 1.82) is 0 Å². The number of aromatic nitrogens is 2. The lowest BCUT2D eigenvalue weighted by Crippen LogP contribution is -2.64. The maximum atomic E-state index is 12.0. The molecule has 6 nitrogen and oxygen atoms in total. The van der Waals surface area contributed by atoms with E-state index in [1.54, 1.807) is 12.3 Å². The molecule has 1 aromatic rings. The SMILES string of the molecule is CCN1CCN(C2CN(C(=O)c3ccn[nH]3)C2)CC1. The van der Waals surface area contributed by atoms with Gasteiger partial charge in [0.05, 0.1) is 0 Å². The molecule has 3 heterocycles. The summed E-state index contributed by atoms with van der Waals surface area (Å²) in [5, 5.41) is 6.55. The van der Waals surface area contributed by atoms with Crippen molar-refractivity contribution in [1.82, 2.24) is 24.9 Å². The van der Waals surface area contributed by atoms with Gasteiger partial charge < -0.3 is 9.80 Å². The Labute approximate surface area is 113 Å². The van der Waals surface area contributed by atoms with Crippen LogP contribution in [0.4, 0.5) is 0 Å². The summed E-state index contributed by atoms with van der Waals surface area (Å²) in [7, 11) is 0. The lowest BCUT2D eigenvalue weighted by molar-refractivity contribution is 0.00807. The van der Waals surface area contributed by atoms with E-state index in [2.05, 4.69) is 26.9 Å². The van der Waals surface area contributed by atoms with Crippen molar-refractivity contribution in [3.63, 3.8) is 0 Å². The van der Waals surface area contributed by atoms with E-state index in [0.29, 0.717) is 11.7 Å². The number of amides is 1. The Kier molecular flexibility index (Phi) is 3.52. The van der Waals surface area contributed by atoms with Crippen LogP contribution in [0.3, 0.4) is 0 Å². The predicted octanol–water partition coefficient (Wildman–Crippen LogP) is -0.128. The Bertz CT molecular complexity index is 418. The Hall–Kier alpha value is -1.40. The monoisotopic (exact) mass is 263 g/mol. The molecule has 0 aliphatic carbocycles. The molecule has 0 bridgehead atoms. The van der Waals surface area contributed by atoms with E-state index in [-0.39, 0.29) is 5.91 Å². The van der Waals surface area contributed by atoms with Gasteiger partial charge in [-0.25, -0.2) is 0 Å². The zero-order chi connectivity index (χ0) is 13.2. The van der Waals surface area contributed by atoms with E-state index in [0.717, 1.165) is 45.8 Å². The second-order valence-corrected chi connectivity index (χ2v) is 5.30. The minimum atomic E-state index is 0.0703. The highest BCUT2D eigenvalue weighted by atomic mass is 16.2. The van der Waals surface area contributed by atoms with Crippen molar-refractivity contribution < 1.29 is 4.79 Å². The number of likely N-dealkylation sites (tertiary alicyclic amines) is 1. The zero-order valence-electron chi connectivity index (χ0n) is 11.4. The molecule has 1 aromatic heterocycles. The number of likely N-dealkylation sites (N-methyl/N-ethyl adjacent to an activating group) is 1. The number of piperazine rings is 1. The summed E-state index contributed by atoms with van der Waals surface area (Å²) in [6, 6.07) is 2.28. The summed E-state index contributed by atoms with van der Waals surface area (Å²) in [6.07, 6.45) is 1.62. The number of nitrogens with one attached hydrogen (secondary N) is 1. The molecule has 19 heavy (non-hydrogen) atoms. The fraction of sp³-hybridized carbons (Fsp3) is 0.692. The third kappa shape index (κ3) is 2.50. The number of aromatic amines is 1. The molecular formula is C13H21N5O. The molecule has 6 heteroatoms. The number of carbonyl (C=O) groups is 1. The average Bonchev–Trinajstić information content (AvgIpc) is 2.91. The normalized spacial score (nSPS) is 22.5. The van der Waals surface area contributed by atoms with Crippen molar-refractivity contribution in [3.8, 4) is 0 Å². The average molecular weight is 263 g/mol. The maximum absolute atomic E-state index is 12.0. The van der Waals surface area contributed by atoms with Gasteiger partial charge in [-0.05, 0) is 12.6 Å². The Morgan fingerprint density at radius 3 is 2.68 bits per heavy atom. The topological polar surface area (TPSA) is 55.5 Å². The van der Waals surface area contributed by atoms with E-state index in [1.165, 1.54) is 0 Å². The molecular weight excluding hydrogens is 242 g/mol. The highest BCUT2D eigenvalue weighted by Gasteiger charge is 2.36. The number of carbonyl (C=O) groups excluding carboxylic acids is 1. The van der Waals surface area contributed by atoms with E-state index < -0.39 is 0 Å². The number of H-pyrrole nitrogens is 1. The van der Waals surface area contributed by atoms with Gasteiger partial charge >= 0.3 is 0 Å². The predicted molar refractivity (Wildman–Crippen MR) is 72.0 cm³/mol. The first-order chi connectivity index (χ1) is 9.28. The van der Waals surface area contributed by atoms with Crippen molar-refractivity contribution in [2.45, 2.75) is 13.0 Å². The fourth-order valence-corrected chi connectivity index (χ4v) is 2.84. The number of hydrogen-bond acceptors (Lipinski definition) is 4. The molecule has 1 amide bonds. The molecule has 2 saturated heterocycles. The molecule has 0 unspecified atom stereocenters. The van der Waals surface area contributed by atoms with Crippen LogP contribution in [-0.2, 0) is 0 Å². The molecule has 2 aliphatic heterocycles. The van der Waals surface area contributed by atoms with Gasteiger partial charge in [-0.3, -0.25) is 14.8 Å². The van der Waals surface area contributed by atoms with Crippen LogP contribution in [0.25, 0.3) is 0 Å². The van der Waals surface area contributed by atoms with Crippen LogP contribution in [0.1, 0.15) is 17.4 Å². The van der Waals surface area contributed by atoms with Crippen LogP contribution in [0.5, 0.6) is 0 Å². The molecule has 1 N–H and O–H groups in total. The standard InChI is InChI=1S/C13H21N5O/c1-2-16-5-7-17(8-6-16)11-9-18(10-11)13(19)12-3-4-14-15-12/h3-4,11H,2,5-10H2,1H3,(H,14,15). The molecule has 0 aromatic carbocycles. The van der Waals surface area contributed by atoms with Gasteiger partial charge in [0.15, 0.2) is 0 Å². The van der Waals surface area contributed by atoms with Crippen molar-refractivity contribution in [2.24, 2.45) is 0 Å². The van der Waals surface area contributed by atoms with Crippen molar-refractivity contribution >= 4 is 5.91 Å². The minimum Gasteiger partial charge on any atom is -0.334 e. The Balaban J connectivity index is 1.47. The summed E-state index contributed by atoms with van der Waals surface area (Å²) in [6.45, 7) is 9.62. The summed E-state index contributed by atoms with van der Waals surface area (Å²) < 4.78 is 0. The third-order valence-corrected chi connectivity index (χ3v) is 4.25. The van der Waals surface area contributed by atoms with Crippen LogP contribution in [0.15, 0.2) is 12.3 Å². The second-order valence-electron chi connectivity index (χ2n) is 5.30. The first-order valence-electron chi connectivity index (χ1n) is 7.03. The number of nitrogens with zero attached hydrogens (tertiary/aromatic N) is 4.